The van der Waals surface area contributed by atoms with Crippen LogP contribution in [0, 0.1) is 17.3 Å². The topological polar surface area (TPSA) is 0 Å². The van der Waals surface area contributed by atoms with Gasteiger partial charge in [0.05, 0.1) is 11.3 Å². The Balaban J connectivity index is 2.97. The monoisotopic (exact) mass is 216 g/mol. The Morgan fingerprint density at radius 3 is 1.71 bits per heavy atom. The highest BCUT2D eigenvalue weighted by atomic mass is 19.4. The highest BCUT2D eigenvalue weighted by molar-refractivity contribution is 5.18. The molecular weight excluding hydrogens is 203 g/mol. The maximum Gasteiger partial charge on any atom is 0.392 e. The molecule has 84 valence electrons. The number of hydrogen-bond donors (Lipinski definition) is 0. The molecule has 0 amide bonds. The summed E-state index contributed by atoms with van der Waals surface area (Å²) >= 11 is 0. The van der Waals surface area contributed by atoms with Crippen molar-refractivity contribution in [1.82, 2.24) is 0 Å². The first-order valence-electron chi connectivity index (χ1n) is 4.56. The van der Waals surface area contributed by atoms with Gasteiger partial charge in [0.2, 0.25) is 0 Å². The van der Waals surface area contributed by atoms with Gasteiger partial charge < -0.3 is 0 Å². The average molecular weight is 216 g/mol. The quantitative estimate of drug-likeness (QED) is 0.615. The molecule has 0 N–H and O–H groups in total. The molecule has 0 bridgehead atoms. The smallest absolute Gasteiger partial charge is 0.206 e. The predicted octanol–water partition coefficient (Wildman–Crippen LogP) is 3.87. The van der Waals surface area contributed by atoms with E-state index in [-0.39, 0.29) is 6.42 Å². The Labute approximate surface area is 79.5 Å². The minimum atomic E-state index is -4.54. The van der Waals surface area contributed by atoms with E-state index < -0.39 is 29.3 Å². The van der Waals surface area contributed by atoms with Gasteiger partial charge in [-0.3, -0.25) is 0 Å². The van der Waals surface area contributed by atoms with Crippen molar-refractivity contribution >= 4 is 0 Å². The van der Waals surface area contributed by atoms with Crippen LogP contribution < -0.4 is 0 Å². The molecular formula is C9H13F5. The molecule has 0 heterocycles. The molecule has 3 unspecified atom stereocenters. The second kappa shape index (κ2) is 2.83. The third-order valence-corrected chi connectivity index (χ3v) is 3.70. The van der Waals surface area contributed by atoms with Crippen molar-refractivity contribution in [2.75, 3.05) is 0 Å². The Morgan fingerprint density at radius 1 is 1.29 bits per heavy atom. The summed E-state index contributed by atoms with van der Waals surface area (Å²) in [6.07, 6.45) is -4.67. The van der Waals surface area contributed by atoms with Crippen molar-refractivity contribution in [3.63, 3.8) is 0 Å². The first kappa shape index (κ1) is 11.7. The van der Waals surface area contributed by atoms with E-state index in [0.717, 1.165) is 6.92 Å². The van der Waals surface area contributed by atoms with Gasteiger partial charge in [-0.1, -0.05) is 20.8 Å². The number of rotatable bonds is 2. The van der Waals surface area contributed by atoms with E-state index >= 15 is 0 Å². The van der Waals surface area contributed by atoms with Crippen molar-refractivity contribution in [3.8, 4) is 0 Å². The number of halogens is 5. The molecule has 1 fully saturated rings. The molecule has 0 aromatic rings. The number of alkyl halides is 5. The summed E-state index contributed by atoms with van der Waals surface area (Å²) in [5.41, 5.74) is -1.87. The van der Waals surface area contributed by atoms with Crippen LogP contribution in [0.4, 0.5) is 22.0 Å². The molecule has 0 saturated heterocycles. The summed E-state index contributed by atoms with van der Waals surface area (Å²) in [6.45, 7) is 3.42. The van der Waals surface area contributed by atoms with Crippen LogP contribution in [-0.2, 0) is 0 Å². The molecule has 0 spiro atoms. The van der Waals surface area contributed by atoms with Crippen LogP contribution in [0.15, 0.2) is 0 Å². The molecule has 0 radical (unpaired) electrons. The Hall–Kier alpha value is -0.350. The Morgan fingerprint density at radius 2 is 1.64 bits per heavy atom. The van der Waals surface area contributed by atoms with E-state index in [1.807, 2.05) is 0 Å². The molecule has 0 nitrogen and oxygen atoms in total. The SMILES string of the molecule is CCC1(C(C)C(F)(F)F)C(C)C1(F)F. The standard InChI is InChI=1S/C9H13F5/c1-4-7(5(2)8(7,10)11)6(3)9(12,13)14/h5-6H,4H2,1-3H3. The van der Waals surface area contributed by atoms with Crippen molar-refractivity contribution in [3.05, 3.63) is 0 Å². The maximum atomic E-state index is 13.1. The fourth-order valence-corrected chi connectivity index (χ4v) is 2.47. The summed E-state index contributed by atoms with van der Waals surface area (Å²) in [6, 6.07) is 0. The van der Waals surface area contributed by atoms with Crippen LogP contribution in [0.3, 0.4) is 0 Å². The zero-order valence-electron chi connectivity index (χ0n) is 8.25. The van der Waals surface area contributed by atoms with Crippen LogP contribution >= 0.6 is 0 Å². The minimum absolute atomic E-state index is 0.137. The van der Waals surface area contributed by atoms with Crippen molar-refractivity contribution in [1.29, 1.82) is 0 Å². The van der Waals surface area contributed by atoms with Crippen LogP contribution in [0.1, 0.15) is 27.2 Å². The van der Waals surface area contributed by atoms with E-state index in [1.165, 1.54) is 13.8 Å². The lowest BCUT2D eigenvalue weighted by Crippen LogP contribution is -2.32. The van der Waals surface area contributed by atoms with Gasteiger partial charge in [0, 0.05) is 5.92 Å². The molecule has 0 aromatic heterocycles. The molecule has 1 rings (SSSR count). The van der Waals surface area contributed by atoms with E-state index in [2.05, 4.69) is 0 Å². The van der Waals surface area contributed by atoms with Gasteiger partial charge >= 0.3 is 6.18 Å². The molecule has 1 aliphatic rings. The third kappa shape index (κ3) is 1.17. The summed E-state index contributed by atoms with van der Waals surface area (Å²) in [4.78, 5) is 0. The van der Waals surface area contributed by atoms with E-state index in [4.69, 9.17) is 0 Å². The molecule has 3 atom stereocenters. The molecule has 5 heteroatoms. The van der Waals surface area contributed by atoms with E-state index in [1.54, 1.807) is 0 Å². The molecule has 0 aromatic carbocycles. The second-order valence-corrected chi connectivity index (χ2v) is 4.00. The van der Waals surface area contributed by atoms with E-state index in [9.17, 15) is 22.0 Å². The summed E-state index contributed by atoms with van der Waals surface area (Å²) in [7, 11) is 0. The lowest BCUT2D eigenvalue weighted by molar-refractivity contribution is -0.199. The Kier molecular flexibility index (Phi) is 2.37. The normalized spacial score (nSPS) is 38.1. The second-order valence-electron chi connectivity index (χ2n) is 4.00. The van der Waals surface area contributed by atoms with Gasteiger partial charge in [0.1, 0.15) is 0 Å². The zero-order chi connectivity index (χ0) is 11.4. The molecule has 1 aliphatic carbocycles. The first-order chi connectivity index (χ1) is 6.12. The largest absolute Gasteiger partial charge is 0.392 e. The summed E-state index contributed by atoms with van der Waals surface area (Å²) in [5.74, 6) is -6.28. The van der Waals surface area contributed by atoms with Crippen molar-refractivity contribution in [2.24, 2.45) is 17.3 Å². The summed E-state index contributed by atoms with van der Waals surface area (Å²) in [5, 5.41) is 0. The van der Waals surface area contributed by atoms with Crippen LogP contribution in [0.25, 0.3) is 0 Å². The lowest BCUT2D eigenvalue weighted by Gasteiger charge is -2.25. The molecule has 1 saturated carbocycles. The third-order valence-electron chi connectivity index (χ3n) is 3.70. The van der Waals surface area contributed by atoms with Gasteiger partial charge in [-0.05, 0) is 6.42 Å². The van der Waals surface area contributed by atoms with Crippen molar-refractivity contribution in [2.45, 2.75) is 39.3 Å². The fraction of sp³-hybridized carbons (Fsp3) is 1.00. The van der Waals surface area contributed by atoms with Crippen molar-refractivity contribution < 1.29 is 22.0 Å². The molecule has 14 heavy (non-hydrogen) atoms. The zero-order valence-corrected chi connectivity index (χ0v) is 8.25. The lowest BCUT2D eigenvalue weighted by atomic mass is 9.85. The van der Waals surface area contributed by atoms with Crippen LogP contribution in [0.2, 0.25) is 0 Å². The number of hydrogen-bond acceptors (Lipinski definition) is 0. The highest BCUT2D eigenvalue weighted by Gasteiger charge is 2.81. The van der Waals surface area contributed by atoms with Gasteiger partial charge in [-0.2, -0.15) is 13.2 Å². The van der Waals surface area contributed by atoms with Gasteiger partial charge in [0.25, 0.3) is 5.92 Å². The minimum Gasteiger partial charge on any atom is -0.206 e. The fourth-order valence-electron chi connectivity index (χ4n) is 2.47. The predicted molar refractivity (Wildman–Crippen MR) is 42.1 cm³/mol. The highest BCUT2D eigenvalue weighted by Crippen LogP contribution is 2.73. The van der Waals surface area contributed by atoms with Crippen LogP contribution in [0.5, 0.6) is 0 Å². The maximum absolute atomic E-state index is 13.1. The van der Waals surface area contributed by atoms with Gasteiger partial charge in [-0.25, -0.2) is 8.78 Å². The van der Waals surface area contributed by atoms with Crippen LogP contribution in [-0.4, -0.2) is 12.1 Å². The van der Waals surface area contributed by atoms with E-state index in [0.29, 0.717) is 0 Å². The molecule has 0 aliphatic heterocycles. The van der Waals surface area contributed by atoms with Gasteiger partial charge in [-0.15, -0.1) is 0 Å². The summed E-state index contributed by atoms with van der Waals surface area (Å²) < 4.78 is 63.3. The Bertz CT molecular complexity index is 232. The van der Waals surface area contributed by atoms with Gasteiger partial charge in [0.15, 0.2) is 0 Å². The average Bonchev–Trinajstić information content (AvgIpc) is 2.45. The first-order valence-corrected chi connectivity index (χ1v) is 4.56.